The molecule has 3 aromatic carbocycles. The largest absolute Gasteiger partial charge is 0.493 e. The van der Waals surface area contributed by atoms with Gasteiger partial charge in [-0.15, -0.1) is 0 Å². The number of unbranched alkanes of at least 4 members (excludes halogenated alkanes) is 3. The summed E-state index contributed by atoms with van der Waals surface area (Å²) in [5.74, 6) is 2.67. The summed E-state index contributed by atoms with van der Waals surface area (Å²) in [7, 11) is 7.82. The predicted molar refractivity (Wildman–Crippen MR) is 174 cm³/mol. The van der Waals surface area contributed by atoms with Gasteiger partial charge in [-0.05, 0) is 66.3 Å². The van der Waals surface area contributed by atoms with Crippen molar-refractivity contribution >= 4 is 36.1 Å². The van der Waals surface area contributed by atoms with E-state index in [1.165, 1.54) is 14.2 Å². The highest BCUT2D eigenvalue weighted by molar-refractivity contribution is 5.78. The third kappa shape index (κ3) is 9.93. The molecule has 0 saturated carbocycles. The van der Waals surface area contributed by atoms with Crippen LogP contribution in [0.25, 0.3) is 24.3 Å². The Bertz CT molecular complexity index is 1400. The Morgan fingerprint density at radius 3 is 1.30 bits per heavy atom. The summed E-state index contributed by atoms with van der Waals surface area (Å²) < 4.78 is 33.0. The Labute approximate surface area is 260 Å². The first-order valence-corrected chi connectivity index (χ1v) is 14.5. The minimum atomic E-state index is -0.351. The normalized spacial score (nSPS) is 11.0. The minimum Gasteiger partial charge on any atom is -0.493 e. The molecule has 8 heteroatoms. The highest BCUT2D eigenvalue weighted by Crippen LogP contribution is 2.40. The van der Waals surface area contributed by atoms with Crippen molar-refractivity contribution in [3.63, 3.8) is 0 Å². The van der Waals surface area contributed by atoms with Gasteiger partial charge < -0.3 is 33.2 Å². The van der Waals surface area contributed by atoms with Crippen LogP contribution >= 0.6 is 0 Å². The summed E-state index contributed by atoms with van der Waals surface area (Å²) in [6, 6.07) is 15.5. The predicted octanol–water partition coefficient (Wildman–Crippen LogP) is 7.91. The minimum absolute atomic E-state index is 0.192. The number of ether oxygens (including phenoxy) is 6. The topological polar surface area (TPSA) is 89.5 Å². The Balaban J connectivity index is 1.65. The molecule has 0 heterocycles. The highest BCUT2D eigenvalue weighted by atomic mass is 16.6. The number of methoxy groups -OCH3 is 5. The first kappa shape index (κ1) is 33.8. The number of esters is 1. The second-order valence-corrected chi connectivity index (χ2v) is 10.1. The van der Waals surface area contributed by atoms with Crippen molar-refractivity contribution in [3.05, 3.63) is 70.8 Å². The Morgan fingerprint density at radius 2 is 0.909 bits per heavy atom. The van der Waals surface area contributed by atoms with Crippen LogP contribution < -0.4 is 28.4 Å². The maximum absolute atomic E-state index is 12.5. The molecule has 8 nitrogen and oxygen atoms in total. The summed E-state index contributed by atoms with van der Waals surface area (Å²) in [6.07, 6.45) is 12.1. The van der Waals surface area contributed by atoms with Crippen LogP contribution in [0.15, 0.2) is 48.5 Å². The number of Topliss-reactive ketones (excluding diaryl/α,β-unsaturated/α-hetero) is 1. The molecule has 3 rings (SSSR count). The van der Waals surface area contributed by atoms with Crippen molar-refractivity contribution in [1.82, 2.24) is 0 Å². The van der Waals surface area contributed by atoms with E-state index in [4.69, 9.17) is 28.4 Å². The van der Waals surface area contributed by atoms with E-state index in [0.717, 1.165) is 41.5 Å². The number of ketones is 1. The lowest BCUT2D eigenvalue weighted by atomic mass is 10.1. The maximum Gasteiger partial charge on any atom is 0.311 e. The molecule has 0 atom stereocenters. The smallest absolute Gasteiger partial charge is 0.311 e. The molecular formula is C36H42O8. The fraction of sp³-hybridized carbons (Fsp3) is 0.333. The number of carbonyl (C=O) groups is 2. The second kappa shape index (κ2) is 17.4. The van der Waals surface area contributed by atoms with Gasteiger partial charge in [0.25, 0.3) is 0 Å². The molecule has 0 N–H and O–H groups in total. The van der Waals surface area contributed by atoms with Crippen molar-refractivity contribution in [1.29, 1.82) is 0 Å². The molecule has 0 saturated heterocycles. The molecule has 0 aliphatic heterocycles. The van der Waals surface area contributed by atoms with Gasteiger partial charge in [0.1, 0.15) is 5.78 Å². The molecule has 0 spiro atoms. The molecule has 44 heavy (non-hydrogen) atoms. The third-order valence-corrected chi connectivity index (χ3v) is 6.92. The van der Waals surface area contributed by atoms with Gasteiger partial charge in [0.05, 0.1) is 35.5 Å². The first-order valence-electron chi connectivity index (χ1n) is 14.5. The van der Waals surface area contributed by atoms with Gasteiger partial charge >= 0.3 is 5.97 Å². The molecule has 0 fully saturated rings. The molecule has 0 unspecified atom stereocenters. The zero-order valence-electron chi connectivity index (χ0n) is 26.4. The number of hydrogen-bond donors (Lipinski definition) is 0. The van der Waals surface area contributed by atoms with Crippen LogP contribution in [0, 0.1) is 0 Å². The zero-order chi connectivity index (χ0) is 31.9. The third-order valence-electron chi connectivity index (χ3n) is 6.92. The van der Waals surface area contributed by atoms with Crippen molar-refractivity contribution in [2.45, 2.75) is 45.4 Å². The summed E-state index contributed by atoms with van der Waals surface area (Å²) in [6.45, 7) is 1.59. The summed E-state index contributed by atoms with van der Waals surface area (Å²) in [4.78, 5) is 23.6. The van der Waals surface area contributed by atoms with Crippen LogP contribution in [0.3, 0.4) is 0 Å². The van der Waals surface area contributed by atoms with E-state index in [0.29, 0.717) is 41.6 Å². The first-order chi connectivity index (χ1) is 21.3. The van der Waals surface area contributed by atoms with Gasteiger partial charge in [0.15, 0.2) is 23.0 Å². The number of hydrogen-bond acceptors (Lipinski definition) is 8. The van der Waals surface area contributed by atoms with Gasteiger partial charge in [-0.3, -0.25) is 4.79 Å². The number of carbonyl (C=O) groups excluding carboxylic acids is 2. The van der Waals surface area contributed by atoms with Gasteiger partial charge in [-0.2, -0.15) is 0 Å². The van der Waals surface area contributed by atoms with Crippen molar-refractivity contribution in [2.75, 3.05) is 35.5 Å². The van der Waals surface area contributed by atoms with E-state index in [9.17, 15) is 9.59 Å². The lowest BCUT2D eigenvalue weighted by molar-refractivity contribution is -0.134. The monoisotopic (exact) mass is 602 g/mol. The van der Waals surface area contributed by atoms with Crippen LogP contribution in [0.4, 0.5) is 0 Å². The van der Waals surface area contributed by atoms with E-state index >= 15 is 0 Å². The number of rotatable bonds is 17. The lowest BCUT2D eigenvalue weighted by Crippen LogP contribution is -2.09. The fourth-order valence-electron chi connectivity index (χ4n) is 4.56. The van der Waals surface area contributed by atoms with Crippen LogP contribution in [0.5, 0.6) is 34.5 Å². The number of benzene rings is 3. The van der Waals surface area contributed by atoms with Crippen molar-refractivity contribution in [3.8, 4) is 34.5 Å². The molecule has 0 bridgehead atoms. The molecule has 0 aliphatic carbocycles. The van der Waals surface area contributed by atoms with E-state index in [2.05, 4.69) is 0 Å². The molecule has 0 aromatic heterocycles. The zero-order valence-corrected chi connectivity index (χ0v) is 26.4. The molecular weight excluding hydrogens is 560 g/mol. The molecule has 0 amide bonds. The maximum atomic E-state index is 12.5. The second-order valence-electron chi connectivity index (χ2n) is 10.1. The van der Waals surface area contributed by atoms with Gasteiger partial charge in [0, 0.05) is 12.8 Å². The summed E-state index contributed by atoms with van der Waals surface area (Å²) >= 11 is 0. The average molecular weight is 603 g/mol. The van der Waals surface area contributed by atoms with E-state index in [1.807, 2.05) is 60.7 Å². The van der Waals surface area contributed by atoms with Gasteiger partial charge in [-0.1, -0.05) is 61.4 Å². The van der Waals surface area contributed by atoms with E-state index in [-0.39, 0.29) is 23.9 Å². The van der Waals surface area contributed by atoms with Crippen LogP contribution in [-0.2, 0) is 9.59 Å². The van der Waals surface area contributed by atoms with E-state index in [1.54, 1.807) is 40.4 Å². The SMILES string of the molecule is COc1cc(/C=C/c2ccc(/C=C/c3cc(OC)c(OC(=O)CCCCCCC(C)=O)c(OC)c3)cc2)cc(OC)c1OC. The van der Waals surface area contributed by atoms with Crippen molar-refractivity contribution in [2.24, 2.45) is 0 Å². The highest BCUT2D eigenvalue weighted by Gasteiger charge is 2.17. The Morgan fingerprint density at radius 1 is 0.523 bits per heavy atom. The summed E-state index contributed by atoms with van der Waals surface area (Å²) in [5, 5.41) is 0. The Hall–Kier alpha value is -4.72. The fourth-order valence-corrected chi connectivity index (χ4v) is 4.56. The molecule has 3 aromatic rings. The molecule has 234 valence electrons. The quantitative estimate of drug-likeness (QED) is 0.0667. The van der Waals surface area contributed by atoms with Gasteiger partial charge in [-0.25, -0.2) is 0 Å². The van der Waals surface area contributed by atoms with E-state index < -0.39 is 0 Å². The molecule has 0 radical (unpaired) electrons. The molecule has 0 aliphatic rings. The lowest BCUT2D eigenvalue weighted by Gasteiger charge is -2.14. The Kier molecular flexibility index (Phi) is 13.4. The van der Waals surface area contributed by atoms with Crippen LogP contribution in [-0.4, -0.2) is 47.3 Å². The van der Waals surface area contributed by atoms with Crippen LogP contribution in [0.1, 0.15) is 67.7 Å². The average Bonchev–Trinajstić information content (AvgIpc) is 3.04. The van der Waals surface area contributed by atoms with Crippen LogP contribution in [0.2, 0.25) is 0 Å². The standard InChI is InChI=1S/C36H42O8/c1-25(37)11-9-7-8-10-12-34(38)44-36-32(41-4)23-29(24-33(36)42-5)20-18-27-15-13-26(14-16-27)17-19-28-21-30(39-2)35(43-6)31(22-28)40-3/h13-24H,7-12H2,1-6H3/b19-17+,20-18+. The van der Waals surface area contributed by atoms with Crippen molar-refractivity contribution < 1.29 is 38.0 Å². The van der Waals surface area contributed by atoms with Gasteiger partial charge in [0.2, 0.25) is 11.5 Å². The summed E-state index contributed by atoms with van der Waals surface area (Å²) in [5.41, 5.74) is 3.78.